The van der Waals surface area contributed by atoms with E-state index in [4.69, 9.17) is 0 Å². The lowest BCUT2D eigenvalue weighted by molar-refractivity contribution is -0.142. The highest BCUT2D eigenvalue weighted by molar-refractivity contribution is 7.09. The van der Waals surface area contributed by atoms with Gasteiger partial charge in [-0.3, -0.25) is 14.5 Å². The summed E-state index contributed by atoms with van der Waals surface area (Å²) in [6.07, 6.45) is 2.19. The first-order valence-corrected chi connectivity index (χ1v) is 17.3. The van der Waals surface area contributed by atoms with Crippen LogP contribution in [0.15, 0.2) is 5.38 Å². The van der Waals surface area contributed by atoms with E-state index in [9.17, 15) is 41.1 Å². The zero-order valence-corrected chi connectivity index (χ0v) is 30.2. The van der Waals surface area contributed by atoms with Crippen molar-refractivity contribution in [2.45, 2.75) is 90.9 Å². The van der Waals surface area contributed by atoms with E-state index >= 15 is 0 Å². The Labute approximate surface area is 292 Å². The number of halogens is 5. The number of urea groups is 1. The standard InChI is InChI=1S/C33H45F5N6O5S/c1-9-17(5)26(42-31(47)33(6)12-11-13-43(33)7)29(45)44(8)20(16(3)4)14-18(41-32(48)39-10-2)28-40-19(15-50-28)30(46)49-27-24(37)22(35)21(34)23(36)25(27)38/h15-18,20,26H,9-14H2,1-8H3,(H,42,47)(H2,39,41,48)/t17-,18+,20+,26-,33+/m0/s1. The predicted octanol–water partition coefficient (Wildman–Crippen LogP) is 5.31. The van der Waals surface area contributed by atoms with E-state index in [1.54, 1.807) is 14.0 Å². The number of carbonyl (C=O) groups excluding carboxylic acids is 4. The van der Waals surface area contributed by atoms with Gasteiger partial charge in [0.15, 0.2) is 5.69 Å². The van der Waals surface area contributed by atoms with Gasteiger partial charge in [-0.05, 0) is 58.5 Å². The molecule has 0 saturated carbocycles. The molecule has 0 bridgehead atoms. The summed E-state index contributed by atoms with van der Waals surface area (Å²) in [5.41, 5.74) is -1.28. The average molecular weight is 733 g/mol. The molecule has 11 nitrogen and oxygen atoms in total. The maximum atomic E-state index is 14.2. The number of benzene rings is 1. The van der Waals surface area contributed by atoms with Gasteiger partial charge in [0.05, 0.1) is 11.6 Å². The van der Waals surface area contributed by atoms with Gasteiger partial charge < -0.3 is 25.6 Å². The topological polar surface area (TPSA) is 133 Å². The molecule has 1 saturated heterocycles. The summed E-state index contributed by atoms with van der Waals surface area (Å²) in [4.78, 5) is 60.8. The molecule has 1 aliphatic heterocycles. The smallest absolute Gasteiger partial charge is 0.363 e. The second-order valence-electron chi connectivity index (χ2n) is 13.0. The number of thiazole rings is 1. The zero-order chi connectivity index (χ0) is 37.7. The van der Waals surface area contributed by atoms with E-state index < -0.39 is 76.2 Å². The van der Waals surface area contributed by atoms with Gasteiger partial charge in [0, 0.05) is 25.0 Å². The molecule has 0 unspecified atom stereocenters. The number of likely N-dealkylation sites (N-methyl/N-ethyl adjacent to an activating group) is 2. The number of likely N-dealkylation sites (tertiary alicyclic amines) is 1. The van der Waals surface area contributed by atoms with Gasteiger partial charge in [0.25, 0.3) is 0 Å². The Kier molecular flexibility index (Phi) is 13.7. The molecule has 17 heteroatoms. The number of hydrogen-bond donors (Lipinski definition) is 3. The van der Waals surface area contributed by atoms with Crippen LogP contribution in [0.2, 0.25) is 0 Å². The van der Waals surface area contributed by atoms with Crippen LogP contribution >= 0.6 is 11.3 Å². The SMILES string of the molecule is CCNC(=O)N[C@H](C[C@H](C(C)C)N(C)C(=O)[C@@H](NC(=O)[C@@]1(C)CCCN1C)[C@@H](C)CC)c1nc(C(=O)Oc2c(F)c(F)c(F)c(F)c2F)cs1. The van der Waals surface area contributed by atoms with E-state index in [1.165, 1.54) is 4.90 Å². The van der Waals surface area contributed by atoms with Crippen LogP contribution < -0.4 is 20.7 Å². The summed E-state index contributed by atoms with van der Waals surface area (Å²) < 4.78 is 73.7. The second-order valence-corrected chi connectivity index (χ2v) is 13.9. The number of esters is 1. The Morgan fingerprint density at radius 1 is 1.02 bits per heavy atom. The van der Waals surface area contributed by atoms with Crippen LogP contribution in [0.5, 0.6) is 5.75 Å². The highest BCUT2D eigenvalue weighted by Gasteiger charge is 2.44. The van der Waals surface area contributed by atoms with Crippen LogP contribution in [0.25, 0.3) is 0 Å². The number of amides is 4. The largest absolute Gasteiger partial charge is 0.415 e. The normalized spacial score (nSPS) is 18.7. The maximum Gasteiger partial charge on any atom is 0.363 e. The highest BCUT2D eigenvalue weighted by atomic mass is 32.1. The Balaban J connectivity index is 1.91. The van der Waals surface area contributed by atoms with Crippen molar-refractivity contribution in [3.05, 3.63) is 45.2 Å². The van der Waals surface area contributed by atoms with E-state index in [1.807, 2.05) is 46.6 Å². The van der Waals surface area contributed by atoms with Crippen LogP contribution in [-0.4, -0.2) is 83.4 Å². The Bertz CT molecular complexity index is 1550. The lowest BCUT2D eigenvalue weighted by Crippen LogP contribution is -2.60. The fourth-order valence-electron chi connectivity index (χ4n) is 5.82. The number of nitrogens with one attached hydrogen (secondary N) is 3. The first-order chi connectivity index (χ1) is 23.4. The number of rotatable bonds is 14. The number of carbonyl (C=O) groups is 4. The molecule has 5 atom stereocenters. The van der Waals surface area contributed by atoms with Crippen molar-refractivity contribution < 1.29 is 45.9 Å². The molecule has 1 aromatic heterocycles. The minimum atomic E-state index is -2.41. The van der Waals surface area contributed by atoms with Crippen LogP contribution in [0, 0.1) is 40.9 Å². The lowest BCUT2D eigenvalue weighted by atomic mass is 9.91. The van der Waals surface area contributed by atoms with Gasteiger partial charge in [0.1, 0.15) is 11.0 Å². The third kappa shape index (κ3) is 8.71. The summed E-state index contributed by atoms with van der Waals surface area (Å²) in [7, 11) is 3.48. The minimum absolute atomic E-state index is 0.0817. The van der Waals surface area contributed by atoms with Crippen molar-refractivity contribution in [3.63, 3.8) is 0 Å². The van der Waals surface area contributed by atoms with E-state index in [0.29, 0.717) is 12.8 Å². The molecule has 0 radical (unpaired) electrons. The number of ether oxygens (including phenoxy) is 1. The fourth-order valence-corrected chi connectivity index (χ4v) is 6.67. The quantitative estimate of drug-likeness (QED) is 0.0789. The molecule has 0 spiro atoms. The molecular formula is C33H45F5N6O5S. The Morgan fingerprint density at radius 2 is 1.62 bits per heavy atom. The van der Waals surface area contributed by atoms with Crippen molar-refractivity contribution in [1.29, 1.82) is 0 Å². The average Bonchev–Trinajstić information content (AvgIpc) is 3.71. The van der Waals surface area contributed by atoms with Gasteiger partial charge >= 0.3 is 12.0 Å². The molecule has 0 aliphatic carbocycles. The monoisotopic (exact) mass is 732 g/mol. The molecule has 1 aromatic carbocycles. The minimum Gasteiger partial charge on any atom is -0.415 e. The Hall–Kier alpha value is -3.86. The van der Waals surface area contributed by atoms with Gasteiger partial charge in [-0.1, -0.05) is 34.1 Å². The van der Waals surface area contributed by atoms with Crippen molar-refractivity contribution in [3.8, 4) is 5.75 Å². The first kappa shape index (κ1) is 40.6. The summed E-state index contributed by atoms with van der Waals surface area (Å²) in [6, 6.07) is -2.90. The van der Waals surface area contributed by atoms with Crippen molar-refractivity contribution in [2.75, 3.05) is 27.2 Å². The predicted molar refractivity (Wildman–Crippen MR) is 176 cm³/mol. The molecule has 3 rings (SSSR count). The van der Waals surface area contributed by atoms with Crippen LogP contribution in [-0.2, 0) is 9.59 Å². The van der Waals surface area contributed by atoms with E-state index in [0.717, 1.165) is 29.7 Å². The number of hydrogen-bond acceptors (Lipinski definition) is 8. The molecule has 1 aliphatic rings. The highest BCUT2D eigenvalue weighted by Crippen LogP contribution is 2.32. The van der Waals surface area contributed by atoms with Crippen LogP contribution in [0.4, 0.5) is 26.7 Å². The van der Waals surface area contributed by atoms with Gasteiger partial charge in [-0.25, -0.2) is 27.7 Å². The van der Waals surface area contributed by atoms with Crippen molar-refractivity contribution >= 4 is 35.2 Å². The van der Waals surface area contributed by atoms with Gasteiger partial charge in [-0.2, -0.15) is 8.78 Å². The van der Waals surface area contributed by atoms with E-state index in [2.05, 4.69) is 25.7 Å². The van der Waals surface area contributed by atoms with Gasteiger partial charge in [0.2, 0.25) is 46.6 Å². The van der Waals surface area contributed by atoms with Crippen molar-refractivity contribution in [1.82, 2.24) is 30.7 Å². The summed E-state index contributed by atoms with van der Waals surface area (Å²) in [6.45, 7) is 12.1. The molecule has 2 aromatic rings. The zero-order valence-electron chi connectivity index (χ0n) is 29.4. The first-order valence-electron chi connectivity index (χ1n) is 16.4. The lowest BCUT2D eigenvalue weighted by Gasteiger charge is -2.38. The third-order valence-electron chi connectivity index (χ3n) is 9.38. The maximum absolute atomic E-state index is 14.2. The molecular weight excluding hydrogens is 687 g/mol. The van der Waals surface area contributed by atoms with Crippen LogP contribution in [0.3, 0.4) is 0 Å². The molecule has 4 amide bonds. The van der Waals surface area contributed by atoms with Gasteiger partial charge in [-0.15, -0.1) is 11.3 Å². The number of nitrogens with zero attached hydrogens (tertiary/aromatic N) is 3. The third-order valence-corrected chi connectivity index (χ3v) is 10.3. The summed E-state index contributed by atoms with van der Waals surface area (Å²) in [5.74, 6) is -15.9. The summed E-state index contributed by atoms with van der Waals surface area (Å²) in [5, 5.41) is 9.66. The second kappa shape index (κ2) is 16.9. The molecule has 50 heavy (non-hydrogen) atoms. The summed E-state index contributed by atoms with van der Waals surface area (Å²) >= 11 is 0.869. The molecule has 2 heterocycles. The molecule has 3 N–H and O–H groups in total. The molecule has 278 valence electrons. The Morgan fingerprint density at radius 3 is 2.14 bits per heavy atom. The molecule has 1 fully saturated rings. The van der Waals surface area contributed by atoms with Crippen LogP contribution in [0.1, 0.15) is 88.8 Å². The fraction of sp³-hybridized carbons (Fsp3) is 0.606. The van der Waals surface area contributed by atoms with Crippen molar-refractivity contribution in [2.24, 2.45) is 11.8 Å². The number of aromatic nitrogens is 1. The van der Waals surface area contributed by atoms with E-state index in [-0.39, 0.29) is 41.6 Å².